The predicted molar refractivity (Wildman–Crippen MR) is 94.7 cm³/mol. The van der Waals surface area contributed by atoms with Crippen LogP contribution in [0.5, 0.6) is 0 Å². The van der Waals surface area contributed by atoms with E-state index < -0.39 is 12.1 Å². The quantitative estimate of drug-likeness (QED) is 0.791. The molecule has 0 radical (unpaired) electrons. The van der Waals surface area contributed by atoms with E-state index in [2.05, 4.69) is 16.0 Å². The van der Waals surface area contributed by atoms with Crippen molar-refractivity contribution in [1.82, 2.24) is 16.0 Å². The molecule has 0 unspecified atom stereocenters. The van der Waals surface area contributed by atoms with Crippen molar-refractivity contribution in [2.75, 3.05) is 7.05 Å². The second-order valence-corrected chi connectivity index (χ2v) is 5.71. The van der Waals surface area contributed by atoms with Gasteiger partial charge in [0, 0.05) is 7.05 Å². The summed E-state index contributed by atoms with van der Waals surface area (Å²) < 4.78 is 0. The lowest BCUT2D eigenvalue weighted by Crippen LogP contribution is -2.48. The molecular weight excluding hydrogens is 302 g/mol. The average Bonchev–Trinajstić information content (AvgIpc) is 2.61. The van der Waals surface area contributed by atoms with Gasteiger partial charge >= 0.3 is 6.03 Å². The van der Waals surface area contributed by atoms with E-state index in [-0.39, 0.29) is 11.9 Å². The summed E-state index contributed by atoms with van der Waals surface area (Å²) in [6, 6.07) is 16.9. The molecular formula is C19H23N3O2. The van der Waals surface area contributed by atoms with Crippen molar-refractivity contribution >= 4 is 11.9 Å². The lowest BCUT2D eigenvalue weighted by molar-refractivity contribution is -0.121. The van der Waals surface area contributed by atoms with E-state index in [1.807, 2.05) is 61.5 Å². The molecule has 0 aliphatic rings. The maximum Gasteiger partial charge on any atom is 0.321 e. The molecule has 0 aromatic heterocycles. The van der Waals surface area contributed by atoms with Gasteiger partial charge in [0.25, 0.3) is 0 Å². The molecule has 5 nitrogen and oxygen atoms in total. The highest BCUT2D eigenvalue weighted by Crippen LogP contribution is 2.23. The zero-order chi connectivity index (χ0) is 17.5. The summed E-state index contributed by atoms with van der Waals surface area (Å²) in [5.74, 6) is -0.373. The summed E-state index contributed by atoms with van der Waals surface area (Å²) in [7, 11) is 1.47. The van der Waals surface area contributed by atoms with Gasteiger partial charge in [0.05, 0.1) is 12.1 Å². The molecule has 3 amide bonds. The van der Waals surface area contributed by atoms with Crippen molar-refractivity contribution in [3.8, 4) is 0 Å². The standard InChI is InChI=1S/C19H23N3O2/c1-13-9-11-16(12-10-13)17(15-7-5-4-6-8-15)21-14(2)18(23)22-19(24)20-3/h4-12,14,17,21H,1-3H3,(H2,20,22,23,24)/t14-,17+/m1/s1. The smallest absolute Gasteiger partial charge is 0.321 e. The molecule has 5 heteroatoms. The van der Waals surface area contributed by atoms with Crippen molar-refractivity contribution in [3.63, 3.8) is 0 Å². The Morgan fingerprint density at radius 3 is 2.08 bits per heavy atom. The number of benzene rings is 2. The average molecular weight is 325 g/mol. The number of hydrogen-bond acceptors (Lipinski definition) is 3. The molecule has 3 N–H and O–H groups in total. The van der Waals surface area contributed by atoms with Gasteiger partial charge in [-0.05, 0) is 25.0 Å². The normalized spacial score (nSPS) is 13.0. The first kappa shape index (κ1) is 17.7. The fourth-order valence-electron chi connectivity index (χ4n) is 2.40. The third-order valence-electron chi connectivity index (χ3n) is 3.82. The number of rotatable bonds is 5. The lowest BCUT2D eigenvalue weighted by Gasteiger charge is -2.24. The highest BCUT2D eigenvalue weighted by atomic mass is 16.2. The van der Waals surface area contributed by atoms with Gasteiger partial charge in [-0.25, -0.2) is 4.79 Å². The van der Waals surface area contributed by atoms with E-state index in [9.17, 15) is 9.59 Å². The first-order chi connectivity index (χ1) is 11.5. The number of carbonyl (C=O) groups excluding carboxylic acids is 2. The second-order valence-electron chi connectivity index (χ2n) is 5.71. The van der Waals surface area contributed by atoms with Crippen molar-refractivity contribution in [2.24, 2.45) is 0 Å². The van der Waals surface area contributed by atoms with Gasteiger partial charge in [-0.15, -0.1) is 0 Å². The SMILES string of the molecule is CNC(=O)NC(=O)[C@@H](C)N[C@@H](c1ccccc1)c1ccc(C)cc1. The molecule has 2 aromatic rings. The Hall–Kier alpha value is -2.66. The minimum absolute atomic E-state index is 0.141. The largest absolute Gasteiger partial charge is 0.341 e. The summed E-state index contributed by atoms with van der Waals surface area (Å²) in [6.45, 7) is 3.77. The number of nitrogens with one attached hydrogen (secondary N) is 3. The Balaban J connectivity index is 2.22. The number of hydrogen-bond donors (Lipinski definition) is 3. The van der Waals surface area contributed by atoms with Crippen molar-refractivity contribution in [1.29, 1.82) is 0 Å². The van der Waals surface area contributed by atoms with Crippen LogP contribution in [0.15, 0.2) is 54.6 Å². The zero-order valence-corrected chi connectivity index (χ0v) is 14.2. The molecule has 24 heavy (non-hydrogen) atoms. The molecule has 2 aromatic carbocycles. The minimum Gasteiger partial charge on any atom is -0.341 e. The van der Waals surface area contributed by atoms with Gasteiger partial charge in [-0.3, -0.25) is 15.4 Å². The maximum absolute atomic E-state index is 12.1. The predicted octanol–water partition coefficient (Wildman–Crippen LogP) is 2.52. The van der Waals surface area contributed by atoms with Gasteiger partial charge in [-0.1, -0.05) is 60.2 Å². The van der Waals surface area contributed by atoms with Crippen molar-refractivity contribution in [3.05, 3.63) is 71.3 Å². The molecule has 2 atom stereocenters. The van der Waals surface area contributed by atoms with Crippen LogP contribution in [0, 0.1) is 6.92 Å². The molecule has 126 valence electrons. The molecule has 0 saturated carbocycles. The van der Waals surface area contributed by atoms with Crippen LogP contribution in [0.2, 0.25) is 0 Å². The summed E-state index contributed by atoms with van der Waals surface area (Å²) in [4.78, 5) is 23.4. The fraction of sp³-hybridized carbons (Fsp3) is 0.263. The van der Waals surface area contributed by atoms with Crippen LogP contribution in [0.25, 0.3) is 0 Å². The van der Waals surface area contributed by atoms with Gasteiger partial charge in [0.1, 0.15) is 0 Å². The van der Waals surface area contributed by atoms with E-state index >= 15 is 0 Å². The van der Waals surface area contributed by atoms with Crippen LogP contribution >= 0.6 is 0 Å². The molecule has 0 aliphatic heterocycles. The molecule has 0 fully saturated rings. The fourth-order valence-corrected chi connectivity index (χ4v) is 2.40. The number of amides is 3. The van der Waals surface area contributed by atoms with Crippen molar-refractivity contribution < 1.29 is 9.59 Å². The van der Waals surface area contributed by atoms with Crippen LogP contribution < -0.4 is 16.0 Å². The maximum atomic E-state index is 12.1. The summed E-state index contributed by atoms with van der Waals surface area (Å²) in [5, 5.41) is 7.98. The summed E-state index contributed by atoms with van der Waals surface area (Å²) in [5.41, 5.74) is 3.29. The highest BCUT2D eigenvalue weighted by Gasteiger charge is 2.21. The van der Waals surface area contributed by atoms with Crippen molar-refractivity contribution in [2.45, 2.75) is 25.9 Å². The molecule has 2 rings (SSSR count). The van der Waals surface area contributed by atoms with Crippen LogP contribution in [0.1, 0.15) is 29.7 Å². The molecule has 0 heterocycles. The Morgan fingerprint density at radius 1 is 0.917 bits per heavy atom. The van der Waals surface area contributed by atoms with E-state index in [1.165, 1.54) is 12.6 Å². The third-order valence-corrected chi connectivity index (χ3v) is 3.82. The minimum atomic E-state index is -0.534. The number of imide groups is 1. The lowest BCUT2D eigenvalue weighted by atomic mass is 9.97. The van der Waals surface area contributed by atoms with E-state index in [0.29, 0.717) is 0 Å². The Kier molecular flexibility index (Phi) is 6.09. The number of urea groups is 1. The van der Waals surface area contributed by atoms with Gasteiger partial charge in [-0.2, -0.15) is 0 Å². The van der Waals surface area contributed by atoms with E-state index in [4.69, 9.17) is 0 Å². The molecule has 0 bridgehead atoms. The van der Waals surface area contributed by atoms with E-state index in [0.717, 1.165) is 11.1 Å². The Morgan fingerprint density at radius 2 is 1.50 bits per heavy atom. The summed E-state index contributed by atoms with van der Waals surface area (Å²) >= 11 is 0. The molecule has 0 saturated heterocycles. The topological polar surface area (TPSA) is 70.2 Å². The monoisotopic (exact) mass is 325 g/mol. The zero-order valence-electron chi connectivity index (χ0n) is 14.2. The molecule has 0 aliphatic carbocycles. The Labute approximate surface area is 142 Å². The van der Waals surface area contributed by atoms with Gasteiger partial charge in [0.2, 0.25) is 5.91 Å². The third kappa shape index (κ3) is 4.67. The number of carbonyl (C=O) groups is 2. The first-order valence-corrected chi connectivity index (χ1v) is 7.91. The summed E-state index contributed by atoms with van der Waals surface area (Å²) in [6.07, 6.45) is 0. The van der Waals surface area contributed by atoms with Gasteiger partial charge in [0.15, 0.2) is 0 Å². The van der Waals surface area contributed by atoms with Crippen LogP contribution in [0.3, 0.4) is 0 Å². The second kappa shape index (κ2) is 8.26. The number of aryl methyl sites for hydroxylation is 1. The van der Waals surface area contributed by atoms with Crippen LogP contribution in [0.4, 0.5) is 4.79 Å². The first-order valence-electron chi connectivity index (χ1n) is 7.91. The van der Waals surface area contributed by atoms with Gasteiger partial charge < -0.3 is 5.32 Å². The Bertz CT molecular complexity index is 684. The van der Waals surface area contributed by atoms with Crippen LogP contribution in [-0.2, 0) is 4.79 Å². The van der Waals surface area contributed by atoms with Crippen LogP contribution in [-0.4, -0.2) is 25.0 Å². The molecule has 0 spiro atoms. The van der Waals surface area contributed by atoms with E-state index in [1.54, 1.807) is 6.92 Å². The highest BCUT2D eigenvalue weighted by molar-refractivity contribution is 5.96.